The number of benzene rings is 2. The summed E-state index contributed by atoms with van der Waals surface area (Å²) in [5.74, 6) is 0.669. The number of amides is 1. The summed E-state index contributed by atoms with van der Waals surface area (Å²) in [5.41, 5.74) is 5.46. The largest absolute Gasteiger partial charge is 0.305 e. The molecule has 0 aliphatic rings. The lowest BCUT2D eigenvalue weighted by atomic mass is 10.1. The van der Waals surface area contributed by atoms with Crippen LogP contribution in [0.15, 0.2) is 58.8 Å². The highest BCUT2D eigenvalue weighted by molar-refractivity contribution is 7.99. The predicted molar refractivity (Wildman–Crippen MR) is 109 cm³/mol. The molecule has 1 N–H and O–H groups in total. The molecule has 0 bridgehead atoms. The van der Waals surface area contributed by atoms with Crippen molar-refractivity contribution < 1.29 is 4.79 Å². The minimum atomic E-state index is -0.211. The number of thioether (sulfide) groups is 1. The van der Waals surface area contributed by atoms with Gasteiger partial charge in [-0.1, -0.05) is 59.8 Å². The van der Waals surface area contributed by atoms with Crippen molar-refractivity contribution in [1.82, 2.24) is 20.2 Å². The van der Waals surface area contributed by atoms with Gasteiger partial charge in [-0.15, -0.1) is 10.2 Å². The maximum absolute atomic E-state index is 12.0. The lowest BCUT2D eigenvalue weighted by Crippen LogP contribution is -2.20. The molecule has 1 amide bonds. The Labute approximate surface area is 166 Å². The van der Waals surface area contributed by atoms with Gasteiger partial charge in [-0.25, -0.2) is 5.43 Å². The molecule has 0 unspecified atom stereocenters. The number of nitrogens with zero attached hydrogens (tertiary/aromatic N) is 4. The van der Waals surface area contributed by atoms with Gasteiger partial charge in [0, 0.05) is 17.6 Å². The predicted octanol–water partition coefficient (Wildman–Crippen LogP) is 3.69. The number of halogens is 1. The van der Waals surface area contributed by atoms with Gasteiger partial charge in [0.1, 0.15) is 0 Å². The maximum atomic E-state index is 12.0. The summed E-state index contributed by atoms with van der Waals surface area (Å²) in [4.78, 5) is 12.0. The topological polar surface area (TPSA) is 72.2 Å². The number of rotatable bonds is 6. The molecule has 0 aliphatic heterocycles. The van der Waals surface area contributed by atoms with Crippen molar-refractivity contribution in [3.05, 3.63) is 64.7 Å². The molecule has 0 spiro atoms. The van der Waals surface area contributed by atoms with E-state index in [1.165, 1.54) is 11.8 Å². The number of hydrogen-bond acceptors (Lipinski definition) is 5. The van der Waals surface area contributed by atoms with Crippen molar-refractivity contribution in [2.75, 3.05) is 5.75 Å². The molecule has 0 fully saturated rings. The highest BCUT2D eigenvalue weighted by Crippen LogP contribution is 2.24. The summed E-state index contributed by atoms with van der Waals surface area (Å²) >= 11 is 7.32. The van der Waals surface area contributed by atoms with Crippen LogP contribution in [0.4, 0.5) is 0 Å². The van der Waals surface area contributed by atoms with E-state index in [0.717, 1.165) is 16.7 Å². The fourth-order valence-electron chi connectivity index (χ4n) is 2.39. The third-order valence-electron chi connectivity index (χ3n) is 3.83. The van der Waals surface area contributed by atoms with Crippen LogP contribution in [-0.2, 0) is 11.8 Å². The van der Waals surface area contributed by atoms with Crippen LogP contribution in [0.2, 0.25) is 5.02 Å². The molecule has 3 aromatic rings. The molecular weight excluding hydrogens is 382 g/mol. The normalized spacial score (nSPS) is 11.1. The minimum absolute atomic E-state index is 0.187. The third kappa shape index (κ3) is 4.96. The lowest BCUT2D eigenvalue weighted by Gasteiger charge is -2.04. The van der Waals surface area contributed by atoms with Gasteiger partial charge in [-0.05, 0) is 30.2 Å². The smallest absolute Gasteiger partial charge is 0.250 e. The molecule has 0 saturated carbocycles. The molecule has 0 atom stereocenters. The summed E-state index contributed by atoms with van der Waals surface area (Å²) in [7, 11) is 1.85. The van der Waals surface area contributed by atoms with E-state index in [1.54, 1.807) is 12.3 Å². The number of nitrogens with one attached hydrogen (secondary N) is 1. The number of carbonyl (C=O) groups excluding carboxylic acids is 1. The van der Waals surface area contributed by atoms with Crippen molar-refractivity contribution in [2.45, 2.75) is 12.1 Å². The van der Waals surface area contributed by atoms with Gasteiger partial charge in [0.25, 0.3) is 5.91 Å². The molecule has 138 valence electrons. The zero-order chi connectivity index (χ0) is 19.2. The molecule has 27 heavy (non-hydrogen) atoms. The van der Waals surface area contributed by atoms with Crippen LogP contribution in [0.1, 0.15) is 11.1 Å². The second kappa shape index (κ2) is 8.83. The molecule has 0 radical (unpaired) electrons. The standard InChI is InChI=1S/C19H18ClN5OS/c1-13-6-3-4-7-15(13)11-21-22-17(26)12-27-19-24-23-18(25(19)2)14-8-5-9-16(20)10-14/h3-11H,12H2,1-2H3,(H,22,26). The average molecular weight is 400 g/mol. The van der Waals surface area contributed by atoms with Gasteiger partial charge in [-0.2, -0.15) is 5.10 Å². The summed E-state index contributed by atoms with van der Waals surface area (Å²) in [6.45, 7) is 1.99. The molecule has 2 aromatic carbocycles. The number of carbonyl (C=O) groups is 1. The first-order valence-electron chi connectivity index (χ1n) is 8.20. The van der Waals surface area contributed by atoms with Crippen molar-refractivity contribution in [1.29, 1.82) is 0 Å². The highest BCUT2D eigenvalue weighted by Gasteiger charge is 2.13. The summed E-state index contributed by atoms with van der Waals surface area (Å²) in [6.07, 6.45) is 1.64. The van der Waals surface area contributed by atoms with Crippen LogP contribution in [0.25, 0.3) is 11.4 Å². The number of hydrogen-bond donors (Lipinski definition) is 1. The van der Waals surface area contributed by atoms with Crippen LogP contribution in [0.5, 0.6) is 0 Å². The van der Waals surface area contributed by atoms with Gasteiger partial charge >= 0.3 is 0 Å². The zero-order valence-corrected chi connectivity index (χ0v) is 16.5. The maximum Gasteiger partial charge on any atom is 0.250 e. The van der Waals surface area contributed by atoms with Crippen LogP contribution >= 0.6 is 23.4 Å². The Balaban J connectivity index is 1.57. The summed E-state index contributed by atoms with van der Waals surface area (Å²) in [6, 6.07) is 15.2. The van der Waals surface area contributed by atoms with Gasteiger partial charge in [-0.3, -0.25) is 4.79 Å². The summed E-state index contributed by atoms with van der Waals surface area (Å²) < 4.78 is 1.83. The number of hydrazone groups is 1. The fourth-order valence-corrected chi connectivity index (χ4v) is 3.28. The molecule has 3 rings (SSSR count). The molecular formula is C19H18ClN5OS. The van der Waals surface area contributed by atoms with E-state index in [-0.39, 0.29) is 11.7 Å². The van der Waals surface area contributed by atoms with Gasteiger partial charge in [0.2, 0.25) is 0 Å². The second-order valence-electron chi connectivity index (χ2n) is 5.81. The van der Waals surface area contributed by atoms with Crippen LogP contribution in [0, 0.1) is 6.92 Å². The van der Waals surface area contributed by atoms with Crippen LogP contribution < -0.4 is 5.43 Å². The van der Waals surface area contributed by atoms with Gasteiger partial charge in [0.15, 0.2) is 11.0 Å². The average Bonchev–Trinajstić information content (AvgIpc) is 3.02. The zero-order valence-electron chi connectivity index (χ0n) is 14.9. The molecule has 0 aliphatic carbocycles. The van der Waals surface area contributed by atoms with E-state index in [4.69, 9.17) is 11.6 Å². The SMILES string of the molecule is Cc1ccccc1C=NNC(=O)CSc1nnc(-c2cccc(Cl)c2)n1C. The van der Waals surface area contributed by atoms with E-state index in [0.29, 0.717) is 16.0 Å². The third-order valence-corrected chi connectivity index (χ3v) is 5.09. The molecule has 0 saturated heterocycles. The Morgan fingerprint density at radius 1 is 1.26 bits per heavy atom. The molecule has 6 nitrogen and oxygen atoms in total. The van der Waals surface area contributed by atoms with Crippen molar-refractivity contribution >= 4 is 35.5 Å². The molecule has 1 heterocycles. The first-order valence-corrected chi connectivity index (χ1v) is 9.56. The first-order chi connectivity index (χ1) is 13.0. The Bertz CT molecular complexity index is 986. The Kier molecular flexibility index (Phi) is 6.26. The fraction of sp³-hybridized carbons (Fsp3) is 0.158. The van der Waals surface area contributed by atoms with Gasteiger partial charge < -0.3 is 4.57 Å². The van der Waals surface area contributed by atoms with E-state index in [2.05, 4.69) is 20.7 Å². The summed E-state index contributed by atoms with van der Waals surface area (Å²) in [5, 5.41) is 13.6. The molecule has 8 heteroatoms. The first kappa shape index (κ1) is 19.1. The Morgan fingerprint density at radius 2 is 2.07 bits per heavy atom. The van der Waals surface area contributed by atoms with Crippen molar-refractivity contribution in [3.8, 4) is 11.4 Å². The Hall–Kier alpha value is -2.64. The van der Waals surface area contributed by atoms with Crippen molar-refractivity contribution in [2.24, 2.45) is 12.1 Å². The van der Waals surface area contributed by atoms with Crippen LogP contribution in [-0.4, -0.2) is 32.6 Å². The van der Waals surface area contributed by atoms with Crippen LogP contribution in [0.3, 0.4) is 0 Å². The molecule has 1 aromatic heterocycles. The second-order valence-corrected chi connectivity index (χ2v) is 7.19. The van der Waals surface area contributed by atoms with Crippen molar-refractivity contribution in [3.63, 3.8) is 0 Å². The minimum Gasteiger partial charge on any atom is -0.305 e. The Morgan fingerprint density at radius 3 is 2.85 bits per heavy atom. The van der Waals surface area contributed by atoms with E-state index in [9.17, 15) is 4.79 Å². The number of aromatic nitrogens is 3. The van der Waals surface area contributed by atoms with E-state index >= 15 is 0 Å². The number of aryl methyl sites for hydroxylation is 1. The monoisotopic (exact) mass is 399 g/mol. The van der Waals surface area contributed by atoms with E-state index < -0.39 is 0 Å². The quantitative estimate of drug-likeness (QED) is 0.390. The van der Waals surface area contributed by atoms with Gasteiger partial charge in [0.05, 0.1) is 12.0 Å². The lowest BCUT2D eigenvalue weighted by molar-refractivity contribution is -0.118. The van der Waals surface area contributed by atoms with E-state index in [1.807, 2.05) is 61.0 Å². The highest BCUT2D eigenvalue weighted by atomic mass is 35.5.